The van der Waals surface area contributed by atoms with E-state index in [0.717, 1.165) is 17.7 Å². The molecule has 1 aliphatic rings. The highest BCUT2D eigenvalue weighted by molar-refractivity contribution is 6.03. The van der Waals surface area contributed by atoms with Gasteiger partial charge >= 0.3 is 12.1 Å². The number of aryl methyl sites for hydroxylation is 1. The number of amides is 3. The predicted molar refractivity (Wildman–Crippen MR) is 118 cm³/mol. The van der Waals surface area contributed by atoms with Crippen molar-refractivity contribution >= 4 is 29.1 Å². The van der Waals surface area contributed by atoms with Crippen molar-refractivity contribution in [2.45, 2.75) is 39.4 Å². The van der Waals surface area contributed by atoms with E-state index >= 15 is 0 Å². The molecule has 1 atom stereocenters. The molecule has 0 radical (unpaired) electrons. The Bertz CT molecular complexity index is 1040. The number of rotatable bonds is 7. The second-order valence-electron chi connectivity index (χ2n) is 7.89. The van der Waals surface area contributed by atoms with Crippen LogP contribution in [0.2, 0.25) is 0 Å². The first kappa shape index (κ1) is 24.3. The molecule has 0 aromatic heterocycles. The molecule has 176 valence electrons. The first-order valence-electron chi connectivity index (χ1n) is 10.8. The average Bonchev–Trinajstić information content (AvgIpc) is 3.18. The zero-order valence-corrected chi connectivity index (χ0v) is 18.5. The molecule has 9 heteroatoms. The van der Waals surface area contributed by atoms with Gasteiger partial charge in [-0.25, -0.2) is 0 Å². The van der Waals surface area contributed by atoms with Gasteiger partial charge in [-0.3, -0.25) is 14.4 Å². The van der Waals surface area contributed by atoms with Gasteiger partial charge in [-0.05, 0) is 42.7 Å². The second kappa shape index (κ2) is 10.1. The standard InChI is InChI=1S/C24H26F3N3O3/c1-3-17-9-5-6-11-20(17)30-15-18(13-21(30)31)22(32)28-19-10-7-8-16(12-19)14-29(4-2)23(33)24(25,26)27/h5-12,18H,3-4,13-15H2,1-2H3,(H,28,32). The molecule has 1 saturated heterocycles. The largest absolute Gasteiger partial charge is 0.471 e. The number of benzene rings is 2. The van der Waals surface area contributed by atoms with Crippen molar-refractivity contribution in [2.24, 2.45) is 5.92 Å². The Morgan fingerprint density at radius 1 is 1.12 bits per heavy atom. The van der Waals surface area contributed by atoms with Gasteiger partial charge in [0.2, 0.25) is 11.8 Å². The van der Waals surface area contributed by atoms with Gasteiger partial charge in [-0.1, -0.05) is 37.3 Å². The van der Waals surface area contributed by atoms with Crippen molar-refractivity contribution in [3.05, 3.63) is 59.7 Å². The number of carbonyl (C=O) groups is 3. The lowest BCUT2D eigenvalue weighted by molar-refractivity contribution is -0.185. The van der Waals surface area contributed by atoms with Crippen LogP contribution in [0.1, 0.15) is 31.4 Å². The molecule has 0 bridgehead atoms. The maximum absolute atomic E-state index is 12.8. The molecule has 1 unspecified atom stereocenters. The zero-order valence-electron chi connectivity index (χ0n) is 18.5. The van der Waals surface area contributed by atoms with E-state index in [1.165, 1.54) is 13.0 Å². The third-order valence-electron chi connectivity index (χ3n) is 5.64. The van der Waals surface area contributed by atoms with E-state index in [1.54, 1.807) is 23.1 Å². The summed E-state index contributed by atoms with van der Waals surface area (Å²) in [7, 11) is 0. The topological polar surface area (TPSA) is 69.7 Å². The van der Waals surface area contributed by atoms with Crippen molar-refractivity contribution in [2.75, 3.05) is 23.3 Å². The van der Waals surface area contributed by atoms with E-state index in [9.17, 15) is 27.6 Å². The maximum atomic E-state index is 12.8. The molecule has 0 aliphatic carbocycles. The van der Waals surface area contributed by atoms with Gasteiger partial charge in [0.15, 0.2) is 0 Å². The number of nitrogens with zero attached hydrogens (tertiary/aromatic N) is 2. The Labute approximate surface area is 190 Å². The molecule has 0 saturated carbocycles. The summed E-state index contributed by atoms with van der Waals surface area (Å²) in [5.74, 6) is -2.92. The third-order valence-corrected chi connectivity index (χ3v) is 5.64. The molecular formula is C24H26F3N3O3. The van der Waals surface area contributed by atoms with Gasteiger partial charge in [0.05, 0.1) is 5.92 Å². The lowest BCUT2D eigenvalue weighted by Gasteiger charge is -2.22. The quantitative estimate of drug-likeness (QED) is 0.674. The summed E-state index contributed by atoms with van der Waals surface area (Å²) in [5, 5.41) is 2.75. The van der Waals surface area contributed by atoms with E-state index in [1.807, 2.05) is 31.2 Å². The molecule has 1 fully saturated rings. The Balaban J connectivity index is 1.67. The second-order valence-corrected chi connectivity index (χ2v) is 7.89. The number of carbonyl (C=O) groups excluding carboxylic acids is 3. The number of alkyl halides is 3. The highest BCUT2D eigenvalue weighted by Crippen LogP contribution is 2.29. The molecule has 1 heterocycles. The smallest absolute Gasteiger partial charge is 0.331 e. The van der Waals surface area contributed by atoms with E-state index < -0.39 is 18.0 Å². The summed E-state index contributed by atoms with van der Waals surface area (Å²) in [6.45, 7) is 3.38. The van der Waals surface area contributed by atoms with Gasteiger partial charge < -0.3 is 15.1 Å². The predicted octanol–water partition coefficient (Wildman–Crippen LogP) is 4.15. The molecule has 2 aromatic carbocycles. The van der Waals surface area contributed by atoms with Gasteiger partial charge in [0, 0.05) is 37.4 Å². The fourth-order valence-corrected chi connectivity index (χ4v) is 3.91. The SMILES string of the molecule is CCc1ccccc1N1CC(C(=O)Nc2cccc(CN(CC)C(=O)C(F)(F)F)c2)CC1=O. The van der Waals surface area contributed by atoms with Crippen molar-refractivity contribution in [3.63, 3.8) is 0 Å². The molecule has 3 amide bonds. The molecular weight excluding hydrogens is 435 g/mol. The van der Waals surface area contributed by atoms with Crippen LogP contribution in [-0.4, -0.2) is 41.9 Å². The van der Waals surface area contributed by atoms with E-state index in [-0.39, 0.29) is 37.9 Å². The number of halogens is 3. The monoisotopic (exact) mass is 461 g/mol. The lowest BCUT2D eigenvalue weighted by atomic mass is 10.1. The first-order valence-corrected chi connectivity index (χ1v) is 10.8. The van der Waals surface area contributed by atoms with Crippen molar-refractivity contribution in [3.8, 4) is 0 Å². The van der Waals surface area contributed by atoms with E-state index in [4.69, 9.17) is 0 Å². The Morgan fingerprint density at radius 2 is 1.85 bits per heavy atom. The Hall–Kier alpha value is -3.36. The van der Waals surface area contributed by atoms with Gasteiger partial charge in [-0.15, -0.1) is 0 Å². The maximum Gasteiger partial charge on any atom is 0.471 e. The fourth-order valence-electron chi connectivity index (χ4n) is 3.91. The van der Waals surface area contributed by atoms with Crippen molar-refractivity contribution in [1.29, 1.82) is 0 Å². The molecule has 2 aromatic rings. The Kier molecular flexibility index (Phi) is 7.40. The van der Waals surface area contributed by atoms with Crippen LogP contribution < -0.4 is 10.2 Å². The van der Waals surface area contributed by atoms with Gasteiger partial charge in [-0.2, -0.15) is 13.2 Å². The summed E-state index contributed by atoms with van der Waals surface area (Å²) in [5.41, 5.74) is 2.67. The average molecular weight is 461 g/mol. The number of nitrogens with one attached hydrogen (secondary N) is 1. The van der Waals surface area contributed by atoms with Crippen LogP contribution in [0, 0.1) is 5.92 Å². The number of hydrogen-bond donors (Lipinski definition) is 1. The molecule has 6 nitrogen and oxygen atoms in total. The normalized spacial score (nSPS) is 16.1. The highest BCUT2D eigenvalue weighted by atomic mass is 19.4. The molecule has 33 heavy (non-hydrogen) atoms. The van der Waals surface area contributed by atoms with Crippen LogP contribution in [0.3, 0.4) is 0 Å². The summed E-state index contributed by atoms with van der Waals surface area (Å²) in [6.07, 6.45) is -4.11. The van der Waals surface area contributed by atoms with Crippen LogP contribution in [-0.2, 0) is 27.3 Å². The fraction of sp³-hybridized carbons (Fsp3) is 0.375. The number of para-hydroxylation sites is 1. The molecule has 0 spiro atoms. The molecule has 1 aliphatic heterocycles. The first-order chi connectivity index (χ1) is 15.6. The molecule has 3 rings (SSSR count). The van der Waals surface area contributed by atoms with Crippen LogP contribution in [0.15, 0.2) is 48.5 Å². The minimum absolute atomic E-state index is 0.0767. The zero-order chi connectivity index (χ0) is 24.2. The van der Waals surface area contributed by atoms with Crippen molar-refractivity contribution in [1.82, 2.24) is 4.90 Å². The molecule has 1 N–H and O–H groups in total. The van der Waals surface area contributed by atoms with Crippen LogP contribution in [0.5, 0.6) is 0 Å². The summed E-state index contributed by atoms with van der Waals surface area (Å²) in [6, 6.07) is 13.9. The van der Waals surface area contributed by atoms with E-state index in [0.29, 0.717) is 16.2 Å². The number of hydrogen-bond acceptors (Lipinski definition) is 3. The summed E-state index contributed by atoms with van der Waals surface area (Å²) >= 11 is 0. The third kappa shape index (κ3) is 5.71. The summed E-state index contributed by atoms with van der Waals surface area (Å²) < 4.78 is 38.3. The van der Waals surface area contributed by atoms with Gasteiger partial charge in [0.25, 0.3) is 0 Å². The van der Waals surface area contributed by atoms with Crippen LogP contribution >= 0.6 is 0 Å². The number of anilines is 2. The van der Waals surface area contributed by atoms with E-state index in [2.05, 4.69) is 5.32 Å². The minimum atomic E-state index is -4.95. The van der Waals surface area contributed by atoms with Gasteiger partial charge in [0.1, 0.15) is 0 Å². The van der Waals surface area contributed by atoms with Crippen LogP contribution in [0.25, 0.3) is 0 Å². The highest BCUT2D eigenvalue weighted by Gasteiger charge is 2.42. The minimum Gasteiger partial charge on any atom is -0.331 e. The Morgan fingerprint density at radius 3 is 2.52 bits per heavy atom. The van der Waals surface area contributed by atoms with Crippen molar-refractivity contribution < 1.29 is 27.6 Å². The van der Waals surface area contributed by atoms with Crippen LogP contribution in [0.4, 0.5) is 24.5 Å². The summed E-state index contributed by atoms with van der Waals surface area (Å²) in [4.78, 5) is 39.3. The lowest BCUT2D eigenvalue weighted by Crippen LogP contribution is -2.40.